The first-order valence-corrected chi connectivity index (χ1v) is 9.39. The predicted octanol–water partition coefficient (Wildman–Crippen LogP) is 2.73. The molecule has 1 aliphatic rings. The van der Waals surface area contributed by atoms with Gasteiger partial charge >= 0.3 is 0 Å². The van der Waals surface area contributed by atoms with Gasteiger partial charge in [0.2, 0.25) is 10.0 Å². The Morgan fingerprint density at radius 3 is 2.52 bits per heavy atom. The first kappa shape index (κ1) is 16.2. The highest BCUT2D eigenvalue weighted by Gasteiger charge is 2.35. The van der Waals surface area contributed by atoms with Crippen molar-refractivity contribution in [1.29, 1.82) is 0 Å². The van der Waals surface area contributed by atoms with E-state index in [0.717, 1.165) is 24.0 Å². The second kappa shape index (κ2) is 6.83. The molecule has 1 unspecified atom stereocenters. The topological polar surface area (TPSA) is 49.4 Å². The number of sulfonamides is 1. The fourth-order valence-electron chi connectivity index (χ4n) is 3.24. The summed E-state index contributed by atoms with van der Waals surface area (Å²) >= 11 is 0. The molecule has 0 radical (unpaired) electrons. The summed E-state index contributed by atoms with van der Waals surface area (Å²) in [5, 5.41) is 3.10. The van der Waals surface area contributed by atoms with Crippen molar-refractivity contribution in [2.24, 2.45) is 0 Å². The average molecular weight is 330 g/mol. The summed E-state index contributed by atoms with van der Waals surface area (Å²) < 4.78 is 28.1. The summed E-state index contributed by atoms with van der Waals surface area (Å²) in [6.07, 6.45) is 1.83. The smallest absolute Gasteiger partial charge is 0.243 e. The van der Waals surface area contributed by atoms with Crippen LogP contribution in [0, 0.1) is 0 Å². The van der Waals surface area contributed by atoms with Gasteiger partial charge in [-0.15, -0.1) is 0 Å². The maximum atomic E-state index is 13.2. The fraction of sp³-hybridized carbons (Fsp3) is 0.333. The molecule has 0 amide bonds. The van der Waals surface area contributed by atoms with E-state index in [2.05, 4.69) is 5.32 Å². The van der Waals surface area contributed by atoms with Gasteiger partial charge in [0, 0.05) is 24.7 Å². The largest absolute Gasteiger partial charge is 0.318 e. The quantitative estimate of drug-likeness (QED) is 0.917. The lowest BCUT2D eigenvalue weighted by atomic mass is 10.1. The van der Waals surface area contributed by atoms with E-state index in [1.54, 1.807) is 16.4 Å². The molecule has 3 rings (SSSR count). The number of hydrogen-bond acceptors (Lipinski definition) is 3. The standard InChI is InChI=1S/C18H22N2O2S/c1-19-14-16-10-7-13-20(16)23(21,22)18-12-6-5-11-17(18)15-8-3-2-4-9-15/h2-6,8-9,11-12,16,19H,7,10,13-14H2,1H3. The summed E-state index contributed by atoms with van der Waals surface area (Å²) in [6.45, 7) is 1.28. The van der Waals surface area contributed by atoms with Gasteiger partial charge in [-0.1, -0.05) is 48.5 Å². The average Bonchev–Trinajstić information content (AvgIpc) is 3.05. The van der Waals surface area contributed by atoms with Crippen LogP contribution in [-0.2, 0) is 10.0 Å². The molecular formula is C18H22N2O2S. The molecule has 1 saturated heterocycles. The lowest BCUT2D eigenvalue weighted by Crippen LogP contribution is -2.40. The summed E-state index contributed by atoms with van der Waals surface area (Å²) in [5.41, 5.74) is 1.69. The van der Waals surface area contributed by atoms with Crippen molar-refractivity contribution in [2.75, 3.05) is 20.1 Å². The molecule has 0 saturated carbocycles. The highest BCUT2D eigenvalue weighted by Crippen LogP contribution is 2.32. The molecule has 23 heavy (non-hydrogen) atoms. The normalized spacial score (nSPS) is 19.1. The van der Waals surface area contributed by atoms with Crippen LogP contribution in [0.25, 0.3) is 11.1 Å². The Hall–Kier alpha value is -1.69. The van der Waals surface area contributed by atoms with Gasteiger partial charge in [-0.3, -0.25) is 0 Å². The van der Waals surface area contributed by atoms with Crippen molar-refractivity contribution < 1.29 is 8.42 Å². The van der Waals surface area contributed by atoms with Gasteiger partial charge < -0.3 is 5.32 Å². The van der Waals surface area contributed by atoms with Gasteiger partial charge in [-0.2, -0.15) is 4.31 Å². The number of nitrogens with one attached hydrogen (secondary N) is 1. The van der Waals surface area contributed by atoms with Gasteiger partial charge in [-0.25, -0.2) is 8.42 Å². The van der Waals surface area contributed by atoms with Gasteiger partial charge in [0.15, 0.2) is 0 Å². The molecule has 1 fully saturated rings. The Labute approximate surface area is 138 Å². The number of hydrogen-bond donors (Lipinski definition) is 1. The second-order valence-electron chi connectivity index (χ2n) is 5.83. The highest BCUT2D eigenvalue weighted by molar-refractivity contribution is 7.89. The Kier molecular flexibility index (Phi) is 4.80. The summed E-state index contributed by atoms with van der Waals surface area (Å²) in [6, 6.07) is 17.0. The molecule has 0 spiro atoms. The van der Waals surface area contributed by atoms with Crippen LogP contribution in [0.2, 0.25) is 0 Å². The van der Waals surface area contributed by atoms with Crippen LogP contribution >= 0.6 is 0 Å². The number of nitrogens with zero attached hydrogens (tertiary/aromatic N) is 1. The van der Waals surface area contributed by atoms with Gasteiger partial charge in [0.1, 0.15) is 0 Å². The summed E-state index contributed by atoms with van der Waals surface area (Å²) in [5.74, 6) is 0. The zero-order chi connectivity index (χ0) is 16.3. The van der Waals surface area contributed by atoms with Crippen molar-refractivity contribution in [2.45, 2.75) is 23.8 Å². The Bertz CT molecular complexity index is 760. The molecule has 1 atom stereocenters. The van der Waals surface area contributed by atoms with Crippen LogP contribution in [-0.4, -0.2) is 38.9 Å². The number of rotatable bonds is 5. The molecule has 0 bridgehead atoms. The monoisotopic (exact) mass is 330 g/mol. The van der Waals surface area contributed by atoms with Crippen molar-refractivity contribution in [3.63, 3.8) is 0 Å². The summed E-state index contributed by atoms with van der Waals surface area (Å²) in [4.78, 5) is 0.397. The third-order valence-electron chi connectivity index (χ3n) is 4.32. The van der Waals surface area contributed by atoms with Crippen molar-refractivity contribution in [1.82, 2.24) is 9.62 Å². The van der Waals surface area contributed by atoms with E-state index in [-0.39, 0.29) is 6.04 Å². The highest BCUT2D eigenvalue weighted by atomic mass is 32.2. The van der Waals surface area contributed by atoms with E-state index in [9.17, 15) is 8.42 Å². The molecule has 2 aromatic rings. The first-order chi connectivity index (χ1) is 11.1. The van der Waals surface area contributed by atoms with E-state index >= 15 is 0 Å². The Morgan fingerprint density at radius 1 is 1.09 bits per heavy atom. The van der Waals surface area contributed by atoms with Crippen LogP contribution in [0.3, 0.4) is 0 Å². The van der Waals surface area contributed by atoms with E-state index < -0.39 is 10.0 Å². The lowest BCUT2D eigenvalue weighted by Gasteiger charge is -2.25. The minimum atomic E-state index is -3.50. The summed E-state index contributed by atoms with van der Waals surface area (Å²) in [7, 11) is -1.63. The fourth-order valence-corrected chi connectivity index (χ4v) is 5.15. The molecular weight excluding hydrogens is 308 g/mol. The van der Waals surface area contributed by atoms with Crippen LogP contribution in [0.5, 0.6) is 0 Å². The van der Waals surface area contributed by atoms with Crippen LogP contribution in [0.4, 0.5) is 0 Å². The number of benzene rings is 2. The zero-order valence-electron chi connectivity index (χ0n) is 13.3. The maximum absolute atomic E-state index is 13.2. The van der Waals surface area contributed by atoms with Crippen LogP contribution < -0.4 is 5.32 Å². The zero-order valence-corrected chi connectivity index (χ0v) is 14.1. The van der Waals surface area contributed by atoms with E-state index in [0.29, 0.717) is 18.0 Å². The molecule has 5 heteroatoms. The van der Waals surface area contributed by atoms with E-state index in [1.165, 1.54) is 0 Å². The molecule has 1 N–H and O–H groups in total. The molecule has 122 valence electrons. The molecule has 0 aliphatic carbocycles. The van der Waals surface area contributed by atoms with Gasteiger partial charge in [0.05, 0.1) is 4.90 Å². The third kappa shape index (κ3) is 3.17. The minimum absolute atomic E-state index is 0.0360. The van der Waals surface area contributed by atoms with Gasteiger partial charge in [0.25, 0.3) is 0 Å². The SMILES string of the molecule is CNCC1CCCN1S(=O)(=O)c1ccccc1-c1ccccc1. The maximum Gasteiger partial charge on any atom is 0.243 e. The Morgan fingerprint density at radius 2 is 1.78 bits per heavy atom. The van der Waals surface area contributed by atoms with Crippen LogP contribution in [0.15, 0.2) is 59.5 Å². The van der Waals surface area contributed by atoms with Gasteiger partial charge in [-0.05, 0) is 31.5 Å². The van der Waals surface area contributed by atoms with Crippen LogP contribution in [0.1, 0.15) is 12.8 Å². The molecule has 1 aliphatic heterocycles. The predicted molar refractivity (Wildman–Crippen MR) is 92.7 cm³/mol. The third-order valence-corrected chi connectivity index (χ3v) is 6.33. The molecule has 1 heterocycles. The molecule has 2 aromatic carbocycles. The van der Waals surface area contributed by atoms with Crippen molar-refractivity contribution >= 4 is 10.0 Å². The Balaban J connectivity index is 2.04. The molecule has 4 nitrogen and oxygen atoms in total. The van der Waals surface area contributed by atoms with Crippen molar-refractivity contribution in [3.05, 3.63) is 54.6 Å². The molecule has 0 aromatic heterocycles. The van der Waals surface area contributed by atoms with Crippen molar-refractivity contribution in [3.8, 4) is 11.1 Å². The second-order valence-corrected chi connectivity index (χ2v) is 7.69. The van der Waals surface area contributed by atoms with E-state index in [1.807, 2.05) is 49.5 Å². The lowest BCUT2D eigenvalue weighted by molar-refractivity contribution is 0.379. The minimum Gasteiger partial charge on any atom is -0.318 e. The first-order valence-electron chi connectivity index (χ1n) is 7.95. The number of likely N-dealkylation sites (N-methyl/N-ethyl adjacent to an activating group) is 1. The van der Waals surface area contributed by atoms with E-state index in [4.69, 9.17) is 0 Å².